The second-order valence-electron chi connectivity index (χ2n) is 7.52. The molecule has 7 rings (SSSR count). The Morgan fingerprint density at radius 2 is 1.13 bits per heavy atom. The maximum absolute atomic E-state index is 5.60. The van der Waals surface area contributed by atoms with E-state index in [1.165, 1.54) is 20.2 Å². The van der Waals surface area contributed by atoms with E-state index in [1.54, 1.807) is 23.9 Å². The monoisotopic (exact) mass is 418 g/mol. The van der Waals surface area contributed by atoms with Crippen LogP contribution in [0.25, 0.3) is 64.6 Å². The summed E-state index contributed by atoms with van der Waals surface area (Å²) in [4.78, 5) is 9.40. The van der Waals surface area contributed by atoms with Gasteiger partial charge in [-0.1, -0.05) is 36.4 Å². The highest BCUT2D eigenvalue weighted by Crippen LogP contribution is 2.43. The van der Waals surface area contributed by atoms with Crippen molar-refractivity contribution in [3.63, 3.8) is 0 Å². The summed E-state index contributed by atoms with van der Waals surface area (Å²) in [6.07, 6.45) is 7.14. The summed E-state index contributed by atoms with van der Waals surface area (Å²) in [6.45, 7) is 0. The molecule has 0 fully saturated rings. The first-order valence-corrected chi connectivity index (χ1v) is 10.8. The molecule has 0 saturated heterocycles. The minimum atomic E-state index is 0.847. The molecule has 0 atom stereocenters. The largest absolute Gasteiger partial charge is 0.464 e. The maximum atomic E-state index is 5.60. The summed E-state index contributed by atoms with van der Waals surface area (Å²) in [7, 11) is 0. The van der Waals surface area contributed by atoms with Gasteiger partial charge in [0.2, 0.25) is 0 Å². The van der Waals surface area contributed by atoms with Gasteiger partial charge in [0.05, 0.1) is 23.9 Å². The van der Waals surface area contributed by atoms with Crippen LogP contribution in [-0.2, 0) is 0 Å². The van der Waals surface area contributed by atoms with Crippen molar-refractivity contribution in [2.45, 2.75) is 0 Å². The minimum absolute atomic E-state index is 0.847. The number of aromatic nitrogens is 2. The molecular weight excluding hydrogens is 404 g/mol. The van der Waals surface area contributed by atoms with Gasteiger partial charge in [-0.2, -0.15) is 0 Å². The first-order chi connectivity index (χ1) is 15.3. The van der Waals surface area contributed by atoms with Crippen molar-refractivity contribution in [2.24, 2.45) is 0 Å². The summed E-state index contributed by atoms with van der Waals surface area (Å²) in [5, 5.41) is 4.46. The normalized spacial score (nSPS) is 11.9. The molecule has 0 bridgehead atoms. The molecular formula is C26H14N2O2S. The van der Waals surface area contributed by atoms with Gasteiger partial charge in [-0.05, 0) is 12.1 Å². The summed E-state index contributed by atoms with van der Waals surface area (Å²) in [5.41, 5.74) is 5.74. The van der Waals surface area contributed by atoms with E-state index in [-0.39, 0.29) is 0 Å². The predicted molar refractivity (Wildman–Crippen MR) is 125 cm³/mol. The number of rotatable bonds is 2. The van der Waals surface area contributed by atoms with E-state index in [0.717, 1.165) is 44.5 Å². The van der Waals surface area contributed by atoms with Crippen molar-refractivity contribution >= 4 is 53.4 Å². The van der Waals surface area contributed by atoms with Crippen molar-refractivity contribution in [3.8, 4) is 22.5 Å². The highest BCUT2D eigenvalue weighted by molar-refractivity contribution is 7.26. The van der Waals surface area contributed by atoms with Crippen LogP contribution in [0.1, 0.15) is 0 Å². The molecule has 0 aliphatic heterocycles. The van der Waals surface area contributed by atoms with Crippen molar-refractivity contribution in [2.75, 3.05) is 0 Å². The van der Waals surface area contributed by atoms with Crippen molar-refractivity contribution in [3.05, 3.63) is 85.6 Å². The van der Waals surface area contributed by atoms with Gasteiger partial charge in [-0.3, -0.25) is 9.97 Å². The smallest absolute Gasteiger partial charge is 0.137 e. The van der Waals surface area contributed by atoms with Crippen LogP contribution in [0.3, 0.4) is 0 Å². The molecule has 2 aromatic carbocycles. The van der Waals surface area contributed by atoms with Gasteiger partial charge in [0.1, 0.15) is 11.2 Å². The van der Waals surface area contributed by atoms with Gasteiger partial charge in [0.25, 0.3) is 0 Å². The Morgan fingerprint density at radius 1 is 0.613 bits per heavy atom. The van der Waals surface area contributed by atoms with E-state index in [4.69, 9.17) is 18.8 Å². The molecule has 31 heavy (non-hydrogen) atoms. The molecule has 0 N–H and O–H groups in total. The average Bonchev–Trinajstić information content (AvgIpc) is 3.55. The zero-order valence-corrected chi connectivity index (χ0v) is 17.0. The summed E-state index contributed by atoms with van der Waals surface area (Å²) < 4.78 is 13.6. The van der Waals surface area contributed by atoms with Crippen LogP contribution < -0.4 is 0 Å². The lowest BCUT2D eigenvalue weighted by molar-refractivity contribution is 0.615. The topological polar surface area (TPSA) is 52.1 Å². The SMILES string of the molecule is c1cc(-c2cc3occc3cn2)c2sc3c(-c4cc5occc5cn4)cccc3c2c1. The van der Waals surface area contributed by atoms with Crippen molar-refractivity contribution < 1.29 is 8.83 Å². The number of pyridine rings is 2. The van der Waals surface area contributed by atoms with E-state index in [0.29, 0.717) is 0 Å². The highest BCUT2D eigenvalue weighted by Gasteiger charge is 2.16. The molecule has 5 aromatic heterocycles. The third-order valence-corrected chi connectivity index (χ3v) is 7.04. The molecule has 0 amide bonds. The zero-order chi connectivity index (χ0) is 20.4. The van der Waals surface area contributed by atoms with Gasteiger partial charge < -0.3 is 8.83 Å². The van der Waals surface area contributed by atoms with E-state index in [1.807, 2.05) is 36.7 Å². The van der Waals surface area contributed by atoms with Crippen molar-refractivity contribution in [1.29, 1.82) is 0 Å². The quantitative estimate of drug-likeness (QED) is 0.289. The summed E-state index contributed by atoms with van der Waals surface area (Å²) in [6, 6.07) is 20.7. The second kappa shape index (κ2) is 6.27. The Kier molecular flexibility index (Phi) is 3.40. The molecule has 5 heteroatoms. The number of furan rings is 2. The maximum Gasteiger partial charge on any atom is 0.137 e. The van der Waals surface area contributed by atoms with E-state index in [2.05, 4.69) is 36.4 Å². The summed E-state index contributed by atoms with van der Waals surface area (Å²) in [5.74, 6) is 0. The average molecular weight is 418 g/mol. The van der Waals surface area contributed by atoms with E-state index < -0.39 is 0 Å². The Bertz CT molecular complexity index is 1630. The fourth-order valence-electron chi connectivity index (χ4n) is 4.23. The third kappa shape index (κ3) is 2.47. The number of hydrogen-bond acceptors (Lipinski definition) is 5. The lowest BCUT2D eigenvalue weighted by atomic mass is 10.0. The minimum Gasteiger partial charge on any atom is -0.464 e. The Hall–Kier alpha value is -3.96. The number of hydrogen-bond donors (Lipinski definition) is 0. The molecule has 4 nitrogen and oxygen atoms in total. The van der Waals surface area contributed by atoms with Crippen LogP contribution >= 0.6 is 11.3 Å². The number of benzene rings is 2. The van der Waals surface area contributed by atoms with Crippen LogP contribution in [0.2, 0.25) is 0 Å². The number of thiophene rings is 1. The molecule has 0 aliphatic carbocycles. The lowest BCUT2D eigenvalue weighted by Gasteiger charge is -2.02. The Morgan fingerprint density at radius 3 is 1.65 bits per heavy atom. The number of nitrogens with zero attached hydrogens (tertiary/aromatic N) is 2. The molecule has 5 heterocycles. The standard InChI is InChI=1S/C26H14N2O2S/c1-3-17-18-4-2-6-20(22-12-24-16(14-28-22)8-10-30-24)26(18)31-25(17)19(5-1)21-11-23-15(13-27-21)7-9-29-23/h1-14H. The fraction of sp³-hybridized carbons (Fsp3) is 0. The second-order valence-corrected chi connectivity index (χ2v) is 8.54. The molecule has 146 valence electrons. The Balaban J connectivity index is 1.50. The predicted octanol–water partition coefficient (Wildman–Crippen LogP) is 7.67. The van der Waals surface area contributed by atoms with Crippen LogP contribution in [0.5, 0.6) is 0 Å². The van der Waals surface area contributed by atoms with Gasteiger partial charge in [0.15, 0.2) is 0 Å². The molecule has 0 unspecified atom stereocenters. The molecule has 0 spiro atoms. The van der Waals surface area contributed by atoms with Crippen molar-refractivity contribution in [1.82, 2.24) is 9.97 Å². The van der Waals surface area contributed by atoms with Gasteiger partial charge in [0, 0.05) is 66.6 Å². The van der Waals surface area contributed by atoms with Gasteiger partial charge in [-0.25, -0.2) is 0 Å². The number of fused-ring (bicyclic) bond motifs is 5. The van der Waals surface area contributed by atoms with E-state index in [9.17, 15) is 0 Å². The van der Waals surface area contributed by atoms with Crippen LogP contribution in [0.15, 0.2) is 94.4 Å². The van der Waals surface area contributed by atoms with Crippen LogP contribution in [0, 0.1) is 0 Å². The molecule has 7 aromatic rings. The first kappa shape index (κ1) is 16.8. The first-order valence-electron chi connectivity index (χ1n) is 9.97. The molecule has 0 aliphatic rings. The molecule has 0 radical (unpaired) electrons. The Labute approximate surface area is 180 Å². The zero-order valence-electron chi connectivity index (χ0n) is 16.2. The van der Waals surface area contributed by atoms with Gasteiger partial charge >= 0.3 is 0 Å². The van der Waals surface area contributed by atoms with Gasteiger partial charge in [-0.15, -0.1) is 11.3 Å². The summed E-state index contributed by atoms with van der Waals surface area (Å²) >= 11 is 1.78. The third-order valence-electron chi connectivity index (χ3n) is 5.75. The fourth-order valence-corrected chi connectivity index (χ4v) is 5.57. The lowest BCUT2D eigenvalue weighted by Crippen LogP contribution is -1.83. The molecule has 0 saturated carbocycles. The highest BCUT2D eigenvalue weighted by atomic mass is 32.1. The van der Waals surface area contributed by atoms with E-state index >= 15 is 0 Å². The van der Waals surface area contributed by atoms with Crippen LogP contribution in [0.4, 0.5) is 0 Å². The van der Waals surface area contributed by atoms with Crippen LogP contribution in [-0.4, -0.2) is 9.97 Å².